The smallest absolute Gasteiger partial charge is 0.270 e. The van der Waals surface area contributed by atoms with Gasteiger partial charge in [-0.15, -0.1) is 0 Å². The van der Waals surface area contributed by atoms with Crippen molar-refractivity contribution in [2.75, 3.05) is 20.2 Å². The predicted molar refractivity (Wildman–Crippen MR) is 69.7 cm³/mol. The van der Waals surface area contributed by atoms with Crippen molar-refractivity contribution in [1.82, 2.24) is 9.47 Å². The highest BCUT2D eigenvalue weighted by Crippen LogP contribution is 2.30. The van der Waals surface area contributed by atoms with Crippen LogP contribution in [0.3, 0.4) is 0 Å². The van der Waals surface area contributed by atoms with Gasteiger partial charge in [0.2, 0.25) is 0 Å². The SMILES string of the molecule is CN1CCc2c(n(CCO)c3ccccc23)C1=O. The van der Waals surface area contributed by atoms with E-state index in [0.29, 0.717) is 6.54 Å². The fraction of sp³-hybridized carbons (Fsp3) is 0.357. The number of hydrogen-bond acceptors (Lipinski definition) is 2. The highest BCUT2D eigenvalue weighted by molar-refractivity contribution is 6.02. The second kappa shape index (κ2) is 4.14. The zero-order chi connectivity index (χ0) is 12.7. The van der Waals surface area contributed by atoms with Gasteiger partial charge in [-0.25, -0.2) is 0 Å². The topological polar surface area (TPSA) is 45.5 Å². The van der Waals surface area contributed by atoms with Gasteiger partial charge in [-0.05, 0) is 18.1 Å². The van der Waals surface area contributed by atoms with Crippen LogP contribution in [0.2, 0.25) is 0 Å². The van der Waals surface area contributed by atoms with Crippen LogP contribution in [0.4, 0.5) is 0 Å². The van der Waals surface area contributed by atoms with Crippen molar-refractivity contribution in [2.24, 2.45) is 0 Å². The molecule has 1 aliphatic rings. The van der Waals surface area contributed by atoms with Gasteiger partial charge in [-0.3, -0.25) is 4.79 Å². The molecule has 0 saturated carbocycles. The highest BCUT2D eigenvalue weighted by Gasteiger charge is 2.28. The van der Waals surface area contributed by atoms with E-state index in [1.54, 1.807) is 4.90 Å². The van der Waals surface area contributed by atoms with Gasteiger partial charge in [0.1, 0.15) is 5.69 Å². The molecule has 2 heterocycles. The number of nitrogens with zero attached hydrogens (tertiary/aromatic N) is 2. The Balaban J connectivity index is 2.32. The molecule has 4 nitrogen and oxygen atoms in total. The van der Waals surface area contributed by atoms with Crippen LogP contribution >= 0.6 is 0 Å². The van der Waals surface area contributed by atoms with Crippen LogP contribution in [-0.2, 0) is 13.0 Å². The first kappa shape index (κ1) is 11.3. The van der Waals surface area contributed by atoms with Gasteiger partial charge in [0.25, 0.3) is 5.91 Å². The maximum absolute atomic E-state index is 12.3. The molecule has 1 amide bonds. The summed E-state index contributed by atoms with van der Waals surface area (Å²) in [6.45, 7) is 1.27. The van der Waals surface area contributed by atoms with E-state index in [4.69, 9.17) is 0 Å². The monoisotopic (exact) mass is 244 g/mol. The Labute approximate surface area is 105 Å². The summed E-state index contributed by atoms with van der Waals surface area (Å²) in [5.41, 5.74) is 2.92. The Kier molecular flexibility index (Phi) is 2.59. The van der Waals surface area contributed by atoms with Crippen molar-refractivity contribution in [1.29, 1.82) is 0 Å². The molecule has 18 heavy (non-hydrogen) atoms. The van der Waals surface area contributed by atoms with Crippen molar-refractivity contribution in [3.05, 3.63) is 35.5 Å². The van der Waals surface area contributed by atoms with E-state index in [0.717, 1.165) is 35.1 Å². The minimum absolute atomic E-state index is 0.0438. The third-order valence-corrected chi connectivity index (χ3v) is 3.65. The number of aromatic nitrogens is 1. The average Bonchev–Trinajstić information content (AvgIpc) is 2.70. The summed E-state index contributed by atoms with van der Waals surface area (Å²) < 4.78 is 1.95. The van der Waals surface area contributed by atoms with E-state index in [1.807, 2.05) is 29.8 Å². The Morgan fingerprint density at radius 1 is 1.33 bits per heavy atom. The van der Waals surface area contributed by atoms with E-state index in [2.05, 4.69) is 6.07 Å². The molecule has 1 aliphatic heterocycles. The second-order valence-electron chi connectivity index (χ2n) is 4.70. The van der Waals surface area contributed by atoms with Crippen molar-refractivity contribution < 1.29 is 9.90 Å². The number of benzene rings is 1. The Morgan fingerprint density at radius 3 is 2.89 bits per heavy atom. The van der Waals surface area contributed by atoms with Crippen molar-refractivity contribution in [3.8, 4) is 0 Å². The third kappa shape index (κ3) is 1.46. The first-order valence-corrected chi connectivity index (χ1v) is 6.20. The molecule has 0 unspecified atom stereocenters. The molecule has 1 aromatic carbocycles. The summed E-state index contributed by atoms with van der Waals surface area (Å²) in [5, 5.41) is 10.3. The maximum atomic E-state index is 12.3. The molecule has 4 heteroatoms. The number of aliphatic hydroxyl groups is 1. The van der Waals surface area contributed by atoms with E-state index < -0.39 is 0 Å². The summed E-state index contributed by atoms with van der Waals surface area (Å²) in [7, 11) is 1.83. The van der Waals surface area contributed by atoms with Gasteiger partial charge in [0.15, 0.2) is 0 Å². The molecule has 1 aromatic heterocycles. The van der Waals surface area contributed by atoms with Gasteiger partial charge < -0.3 is 14.6 Å². The van der Waals surface area contributed by atoms with Gasteiger partial charge in [0, 0.05) is 31.0 Å². The number of carbonyl (C=O) groups is 1. The minimum Gasteiger partial charge on any atom is -0.395 e. The molecular formula is C14H16N2O2. The molecule has 0 aliphatic carbocycles. The molecule has 0 saturated heterocycles. The van der Waals surface area contributed by atoms with Crippen LogP contribution in [-0.4, -0.2) is 40.7 Å². The Bertz CT molecular complexity index is 616. The van der Waals surface area contributed by atoms with Crippen LogP contribution in [0.25, 0.3) is 10.9 Å². The lowest BCUT2D eigenvalue weighted by atomic mass is 10.0. The van der Waals surface area contributed by atoms with E-state index in [1.165, 1.54) is 0 Å². The number of aliphatic hydroxyl groups excluding tert-OH is 1. The van der Waals surface area contributed by atoms with Gasteiger partial charge in [0.05, 0.1) is 6.61 Å². The Hall–Kier alpha value is -1.81. The lowest BCUT2D eigenvalue weighted by Gasteiger charge is -2.24. The fourth-order valence-corrected chi connectivity index (χ4v) is 2.77. The van der Waals surface area contributed by atoms with Gasteiger partial charge >= 0.3 is 0 Å². The lowest BCUT2D eigenvalue weighted by molar-refractivity contribution is 0.0769. The zero-order valence-corrected chi connectivity index (χ0v) is 10.4. The molecule has 0 fully saturated rings. The van der Waals surface area contributed by atoms with E-state index >= 15 is 0 Å². The Morgan fingerprint density at radius 2 is 2.11 bits per heavy atom. The van der Waals surface area contributed by atoms with E-state index in [-0.39, 0.29) is 12.5 Å². The molecule has 0 spiro atoms. The van der Waals surface area contributed by atoms with Gasteiger partial charge in [-0.1, -0.05) is 18.2 Å². The summed E-state index contributed by atoms with van der Waals surface area (Å²) >= 11 is 0. The average molecular weight is 244 g/mol. The van der Waals surface area contributed by atoms with Crippen LogP contribution in [0.5, 0.6) is 0 Å². The number of para-hydroxylation sites is 1. The molecule has 0 radical (unpaired) electrons. The number of fused-ring (bicyclic) bond motifs is 3. The molecule has 1 N–H and O–H groups in total. The molecule has 3 rings (SSSR count). The quantitative estimate of drug-likeness (QED) is 0.864. The highest BCUT2D eigenvalue weighted by atomic mass is 16.3. The fourth-order valence-electron chi connectivity index (χ4n) is 2.77. The van der Waals surface area contributed by atoms with Crippen LogP contribution < -0.4 is 0 Å². The summed E-state index contributed by atoms with van der Waals surface area (Å²) in [4.78, 5) is 14.1. The lowest BCUT2D eigenvalue weighted by Crippen LogP contribution is -2.35. The van der Waals surface area contributed by atoms with Crippen LogP contribution in [0, 0.1) is 0 Å². The van der Waals surface area contributed by atoms with Crippen LogP contribution in [0.1, 0.15) is 16.1 Å². The number of likely N-dealkylation sites (N-methyl/N-ethyl adjacent to an activating group) is 1. The predicted octanol–water partition coefficient (Wildman–Crippen LogP) is 1.26. The zero-order valence-electron chi connectivity index (χ0n) is 10.4. The molecule has 0 atom stereocenters. The maximum Gasteiger partial charge on any atom is 0.270 e. The third-order valence-electron chi connectivity index (χ3n) is 3.65. The number of amides is 1. The minimum atomic E-state index is 0.0438. The van der Waals surface area contributed by atoms with Crippen LogP contribution in [0.15, 0.2) is 24.3 Å². The van der Waals surface area contributed by atoms with E-state index in [9.17, 15) is 9.90 Å². The molecule has 0 bridgehead atoms. The van der Waals surface area contributed by atoms with Gasteiger partial charge in [-0.2, -0.15) is 0 Å². The van der Waals surface area contributed by atoms with Crippen molar-refractivity contribution in [3.63, 3.8) is 0 Å². The summed E-state index contributed by atoms with van der Waals surface area (Å²) in [6.07, 6.45) is 0.885. The number of carbonyl (C=O) groups excluding carboxylic acids is 1. The molecular weight excluding hydrogens is 228 g/mol. The second-order valence-corrected chi connectivity index (χ2v) is 4.70. The number of hydrogen-bond donors (Lipinski definition) is 1. The van der Waals surface area contributed by atoms with Crippen molar-refractivity contribution in [2.45, 2.75) is 13.0 Å². The normalized spacial score (nSPS) is 15.2. The largest absolute Gasteiger partial charge is 0.395 e. The summed E-state index contributed by atoms with van der Waals surface area (Å²) in [6, 6.07) is 8.03. The molecule has 94 valence electrons. The first-order chi connectivity index (χ1) is 8.74. The first-order valence-electron chi connectivity index (χ1n) is 6.20. The molecule has 2 aromatic rings. The van der Waals surface area contributed by atoms with Crippen molar-refractivity contribution >= 4 is 16.8 Å². The summed E-state index contributed by atoms with van der Waals surface area (Å²) in [5.74, 6) is 0.0564. The number of rotatable bonds is 2. The standard InChI is InChI=1S/C14H16N2O2/c1-15-7-6-11-10-4-2-3-5-12(10)16(8-9-17)13(11)14(15)18/h2-5,17H,6-9H2,1H3.